The predicted octanol–water partition coefficient (Wildman–Crippen LogP) is -2.71. The number of nitrogens with one attached hydrogen (secondary N) is 5. The maximum Gasteiger partial charge on any atom is 0.328 e. The lowest BCUT2D eigenvalue weighted by molar-refractivity contribution is -0.145. The van der Waals surface area contributed by atoms with E-state index in [2.05, 4.69) is 35.9 Å². The minimum absolute atomic E-state index is 0.0247. The number of nitrogens with zero attached hydrogens (tertiary/aromatic N) is 2. The van der Waals surface area contributed by atoms with E-state index in [1.54, 1.807) is 0 Å². The summed E-state index contributed by atoms with van der Waals surface area (Å²) in [5.41, 5.74) is 12.5. The first-order chi connectivity index (χ1) is 17.6. The van der Waals surface area contributed by atoms with Crippen molar-refractivity contribution in [1.82, 2.24) is 35.9 Å². The molecule has 0 aromatic carbocycles. The summed E-state index contributed by atoms with van der Waals surface area (Å²) in [5.74, 6) is -3.55. The summed E-state index contributed by atoms with van der Waals surface area (Å²) < 4.78 is 0. The van der Waals surface area contributed by atoms with Gasteiger partial charge < -0.3 is 47.6 Å². The highest BCUT2D eigenvalue weighted by atomic mass is 16.4. The number of aromatic nitrogens is 4. The van der Waals surface area contributed by atoms with Crippen LogP contribution in [0.25, 0.3) is 0 Å². The molecular weight excluding hydrogens is 486 g/mol. The standard InChI is InChI=1S/C22H35N9O6/c1-12(32)18(22(36)37)31-21(35)17(7-14-9-26-11-28-14)30-20(34)16(6-13-8-25-10-27-13)29-19(33)15(24)4-2-3-5-23/h8-12,15-18,32H,2-7,23-24H2,1H3,(H,25,27)(H,26,28)(H,29,33)(H,30,34)(H,31,35)(H,36,37). The summed E-state index contributed by atoms with van der Waals surface area (Å²) in [6, 6.07) is -4.85. The zero-order chi connectivity index (χ0) is 27.4. The largest absolute Gasteiger partial charge is 0.480 e. The lowest BCUT2D eigenvalue weighted by Gasteiger charge is -2.25. The molecule has 0 aliphatic rings. The van der Waals surface area contributed by atoms with Crippen LogP contribution in [0.2, 0.25) is 0 Å². The van der Waals surface area contributed by atoms with Crippen LogP contribution in [0.1, 0.15) is 37.6 Å². The molecule has 204 valence electrons. The Morgan fingerprint density at radius 2 is 1.43 bits per heavy atom. The molecule has 0 saturated heterocycles. The summed E-state index contributed by atoms with van der Waals surface area (Å²) in [4.78, 5) is 63.9. The predicted molar refractivity (Wildman–Crippen MR) is 131 cm³/mol. The number of rotatable bonds is 16. The van der Waals surface area contributed by atoms with Gasteiger partial charge in [-0.25, -0.2) is 14.8 Å². The SMILES string of the molecule is CC(O)C(NC(=O)C(Cc1cnc[nH]1)NC(=O)C(Cc1cnc[nH]1)NC(=O)C(N)CCCCN)C(=O)O. The maximum atomic E-state index is 13.3. The molecule has 0 aliphatic heterocycles. The number of hydrogen-bond donors (Lipinski definition) is 9. The van der Waals surface area contributed by atoms with Crippen LogP contribution >= 0.6 is 0 Å². The minimum Gasteiger partial charge on any atom is -0.480 e. The van der Waals surface area contributed by atoms with Gasteiger partial charge in [0.15, 0.2) is 6.04 Å². The van der Waals surface area contributed by atoms with Crippen molar-refractivity contribution < 1.29 is 29.4 Å². The number of carboxylic acids is 1. The highest BCUT2D eigenvalue weighted by Crippen LogP contribution is 2.06. The molecular formula is C22H35N9O6. The Morgan fingerprint density at radius 3 is 1.86 bits per heavy atom. The first kappa shape index (κ1) is 29.4. The van der Waals surface area contributed by atoms with E-state index in [1.165, 1.54) is 32.0 Å². The van der Waals surface area contributed by atoms with Crippen LogP contribution in [0.5, 0.6) is 0 Å². The number of aliphatic carboxylic acids is 1. The van der Waals surface area contributed by atoms with Crippen LogP contribution < -0.4 is 27.4 Å². The molecule has 3 amide bonds. The van der Waals surface area contributed by atoms with Crippen molar-refractivity contribution in [3.63, 3.8) is 0 Å². The quantitative estimate of drug-likeness (QED) is 0.103. The van der Waals surface area contributed by atoms with Crippen LogP contribution in [0.15, 0.2) is 25.0 Å². The van der Waals surface area contributed by atoms with Gasteiger partial charge >= 0.3 is 5.97 Å². The fraction of sp³-hybridized carbons (Fsp3) is 0.545. The van der Waals surface area contributed by atoms with Crippen molar-refractivity contribution in [2.45, 2.75) is 69.3 Å². The van der Waals surface area contributed by atoms with Crippen molar-refractivity contribution in [3.05, 3.63) is 36.4 Å². The van der Waals surface area contributed by atoms with Gasteiger partial charge in [-0.05, 0) is 26.3 Å². The molecule has 0 aliphatic carbocycles. The molecule has 0 bridgehead atoms. The second-order valence-corrected chi connectivity index (χ2v) is 8.64. The number of hydrogen-bond acceptors (Lipinski definition) is 9. The Kier molecular flexibility index (Phi) is 11.7. The Morgan fingerprint density at radius 1 is 0.919 bits per heavy atom. The van der Waals surface area contributed by atoms with Crippen LogP contribution in [0.3, 0.4) is 0 Å². The number of carboxylic acid groups (broad SMARTS) is 1. The molecule has 5 unspecified atom stereocenters. The van der Waals surface area contributed by atoms with Gasteiger partial charge in [-0.15, -0.1) is 0 Å². The van der Waals surface area contributed by atoms with Crippen LogP contribution in [-0.4, -0.2) is 90.7 Å². The molecule has 15 heteroatoms. The third-order valence-electron chi connectivity index (χ3n) is 5.58. The Hall–Kier alpha value is -3.82. The van der Waals surface area contributed by atoms with E-state index >= 15 is 0 Å². The van der Waals surface area contributed by atoms with E-state index < -0.39 is 54.0 Å². The maximum absolute atomic E-state index is 13.3. The highest BCUT2D eigenvalue weighted by Gasteiger charge is 2.32. The van der Waals surface area contributed by atoms with Crippen molar-refractivity contribution >= 4 is 23.7 Å². The summed E-state index contributed by atoms with van der Waals surface area (Å²) in [5, 5.41) is 26.5. The average Bonchev–Trinajstić information content (AvgIpc) is 3.55. The lowest BCUT2D eigenvalue weighted by atomic mass is 10.1. The molecule has 0 fully saturated rings. The van der Waals surface area contributed by atoms with Crippen molar-refractivity contribution in [1.29, 1.82) is 0 Å². The lowest BCUT2D eigenvalue weighted by Crippen LogP contribution is -2.59. The third-order valence-corrected chi connectivity index (χ3v) is 5.58. The van der Waals surface area contributed by atoms with Gasteiger partial charge in [-0.2, -0.15) is 0 Å². The number of nitrogens with two attached hydrogens (primary N) is 2. The summed E-state index contributed by atoms with van der Waals surface area (Å²) in [7, 11) is 0. The molecule has 2 aromatic heterocycles. The number of carbonyl (C=O) groups is 4. The molecule has 2 heterocycles. The van der Waals surface area contributed by atoms with Gasteiger partial charge in [0.25, 0.3) is 0 Å². The zero-order valence-corrected chi connectivity index (χ0v) is 20.5. The monoisotopic (exact) mass is 521 g/mol. The van der Waals surface area contributed by atoms with Crippen molar-refractivity contribution in [2.75, 3.05) is 6.54 Å². The van der Waals surface area contributed by atoms with Gasteiger partial charge in [0.05, 0.1) is 24.8 Å². The number of amides is 3. The molecule has 0 saturated carbocycles. The highest BCUT2D eigenvalue weighted by molar-refractivity contribution is 5.94. The van der Waals surface area contributed by atoms with Gasteiger partial charge in [0, 0.05) is 36.6 Å². The van der Waals surface area contributed by atoms with E-state index in [4.69, 9.17) is 11.5 Å². The minimum atomic E-state index is -1.60. The second kappa shape index (κ2) is 14.7. The molecule has 37 heavy (non-hydrogen) atoms. The smallest absolute Gasteiger partial charge is 0.328 e. The average molecular weight is 522 g/mol. The van der Waals surface area contributed by atoms with Gasteiger partial charge in [0.1, 0.15) is 12.1 Å². The number of aliphatic hydroxyl groups excluding tert-OH is 1. The van der Waals surface area contributed by atoms with Gasteiger partial charge in [-0.3, -0.25) is 14.4 Å². The Labute approximate surface area is 213 Å². The molecule has 0 spiro atoms. The summed E-state index contributed by atoms with van der Waals surface area (Å²) in [6.45, 7) is 1.69. The van der Waals surface area contributed by atoms with Crippen molar-refractivity contribution in [2.24, 2.45) is 11.5 Å². The summed E-state index contributed by atoms with van der Waals surface area (Å²) in [6.07, 6.45) is 6.03. The normalized spacial score (nSPS) is 15.1. The molecule has 0 radical (unpaired) electrons. The zero-order valence-electron chi connectivity index (χ0n) is 20.5. The van der Waals surface area contributed by atoms with Gasteiger partial charge in [0.2, 0.25) is 17.7 Å². The van der Waals surface area contributed by atoms with E-state index in [1.807, 2.05) is 0 Å². The molecule has 5 atom stereocenters. The van der Waals surface area contributed by atoms with E-state index in [9.17, 15) is 29.4 Å². The number of aliphatic hydroxyl groups is 1. The fourth-order valence-electron chi connectivity index (χ4n) is 3.48. The number of aromatic amines is 2. The number of imidazole rings is 2. The second-order valence-electron chi connectivity index (χ2n) is 8.64. The van der Waals surface area contributed by atoms with E-state index in [-0.39, 0.29) is 12.8 Å². The number of unbranched alkanes of at least 4 members (excludes halogenated alkanes) is 1. The topological polar surface area (TPSA) is 254 Å². The third kappa shape index (κ3) is 9.63. The Balaban J connectivity index is 2.20. The van der Waals surface area contributed by atoms with E-state index in [0.717, 1.165) is 0 Å². The fourth-order valence-corrected chi connectivity index (χ4v) is 3.48. The number of carbonyl (C=O) groups excluding carboxylic acids is 3. The first-order valence-corrected chi connectivity index (χ1v) is 11.8. The first-order valence-electron chi connectivity index (χ1n) is 11.8. The number of H-pyrrole nitrogens is 2. The van der Waals surface area contributed by atoms with Crippen LogP contribution in [-0.2, 0) is 32.0 Å². The molecule has 15 nitrogen and oxygen atoms in total. The molecule has 11 N–H and O–H groups in total. The van der Waals surface area contributed by atoms with Crippen LogP contribution in [0.4, 0.5) is 0 Å². The van der Waals surface area contributed by atoms with E-state index in [0.29, 0.717) is 37.2 Å². The summed E-state index contributed by atoms with van der Waals surface area (Å²) >= 11 is 0. The molecule has 2 aromatic rings. The Bertz CT molecular complexity index is 996. The van der Waals surface area contributed by atoms with Gasteiger partial charge in [-0.1, -0.05) is 6.42 Å². The van der Waals surface area contributed by atoms with Crippen molar-refractivity contribution in [3.8, 4) is 0 Å². The van der Waals surface area contributed by atoms with Crippen LogP contribution in [0, 0.1) is 0 Å². The molecule has 2 rings (SSSR count).